The first-order valence-corrected chi connectivity index (χ1v) is 6.71. The molecule has 0 radical (unpaired) electrons. The second-order valence-electron chi connectivity index (χ2n) is 5.32. The Kier molecular flexibility index (Phi) is 4.90. The number of rotatable bonds is 3. The topological polar surface area (TPSA) is 43.7 Å². The van der Waals surface area contributed by atoms with Crippen LogP contribution in [0, 0.1) is 11.7 Å². The number of alkyl halides is 3. The minimum absolute atomic E-state index is 0.0557. The number of benzene rings is 1. The molecule has 1 aromatic rings. The molecule has 116 valence electrons. The van der Waals surface area contributed by atoms with E-state index in [9.17, 15) is 17.6 Å². The van der Waals surface area contributed by atoms with Crippen molar-refractivity contribution in [3.63, 3.8) is 0 Å². The van der Waals surface area contributed by atoms with Gasteiger partial charge in [-0.1, -0.05) is 12.1 Å². The number of nitrogens with zero attached hydrogens (tertiary/aromatic N) is 1. The lowest BCUT2D eigenvalue weighted by Gasteiger charge is -2.32. The van der Waals surface area contributed by atoms with E-state index >= 15 is 0 Å². The van der Waals surface area contributed by atoms with Crippen molar-refractivity contribution in [1.82, 2.24) is 4.90 Å². The van der Waals surface area contributed by atoms with Crippen molar-refractivity contribution >= 4 is 12.6 Å². The highest BCUT2D eigenvalue weighted by atomic mass is 19.4. The smallest absolute Gasteiger partial charge is 0.423 e. The van der Waals surface area contributed by atoms with E-state index in [2.05, 4.69) is 0 Å². The molecule has 1 saturated heterocycles. The van der Waals surface area contributed by atoms with Crippen molar-refractivity contribution < 1.29 is 27.6 Å². The summed E-state index contributed by atoms with van der Waals surface area (Å²) in [6, 6.07) is 3.96. The average Bonchev–Trinajstić information content (AvgIpc) is 2.40. The van der Waals surface area contributed by atoms with E-state index in [1.54, 1.807) is 0 Å². The third kappa shape index (κ3) is 4.18. The molecule has 8 heteroatoms. The molecule has 1 aliphatic heterocycles. The standard InChI is InChI=1S/C13H16BF4NO2/c15-12-2-1-9(7-11(12)14(20)21)8-19-5-3-10(4-6-19)13(16,17)18/h1-2,7,10,20-21H,3-6,8H2. The van der Waals surface area contributed by atoms with Crippen LogP contribution in [0.5, 0.6) is 0 Å². The van der Waals surface area contributed by atoms with Gasteiger partial charge in [-0.3, -0.25) is 4.90 Å². The summed E-state index contributed by atoms with van der Waals surface area (Å²) in [4.78, 5) is 1.85. The number of piperidine rings is 1. The Bertz CT molecular complexity index is 488. The SMILES string of the molecule is OB(O)c1cc(CN2CCC(C(F)(F)F)CC2)ccc1F. The van der Waals surface area contributed by atoms with E-state index in [-0.39, 0.29) is 18.3 Å². The van der Waals surface area contributed by atoms with Gasteiger partial charge in [-0.15, -0.1) is 0 Å². The van der Waals surface area contributed by atoms with Crippen LogP contribution in [0.25, 0.3) is 0 Å². The van der Waals surface area contributed by atoms with Crippen LogP contribution < -0.4 is 5.46 Å². The van der Waals surface area contributed by atoms with Crippen molar-refractivity contribution in [3.8, 4) is 0 Å². The Hall–Kier alpha value is -1.12. The zero-order valence-corrected chi connectivity index (χ0v) is 11.3. The molecular weight excluding hydrogens is 289 g/mol. The van der Waals surface area contributed by atoms with Crippen molar-refractivity contribution in [3.05, 3.63) is 29.6 Å². The summed E-state index contributed by atoms with van der Waals surface area (Å²) in [7, 11) is -1.90. The van der Waals surface area contributed by atoms with E-state index in [1.165, 1.54) is 12.1 Å². The molecule has 1 fully saturated rings. The Balaban J connectivity index is 1.96. The summed E-state index contributed by atoms with van der Waals surface area (Å²) in [6.45, 7) is 1.00. The molecule has 0 aromatic heterocycles. The highest BCUT2D eigenvalue weighted by Gasteiger charge is 2.40. The van der Waals surface area contributed by atoms with Crippen molar-refractivity contribution in [2.75, 3.05) is 13.1 Å². The highest BCUT2D eigenvalue weighted by molar-refractivity contribution is 6.58. The van der Waals surface area contributed by atoms with Gasteiger partial charge in [0.15, 0.2) is 0 Å². The van der Waals surface area contributed by atoms with Gasteiger partial charge in [-0.2, -0.15) is 13.2 Å². The Morgan fingerprint density at radius 3 is 2.33 bits per heavy atom. The van der Waals surface area contributed by atoms with Crippen LogP contribution in [0.15, 0.2) is 18.2 Å². The van der Waals surface area contributed by atoms with Crippen LogP contribution in [0.3, 0.4) is 0 Å². The Morgan fingerprint density at radius 2 is 1.81 bits per heavy atom. The van der Waals surface area contributed by atoms with Gasteiger partial charge in [0.2, 0.25) is 0 Å². The van der Waals surface area contributed by atoms with Gasteiger partial charge >= 0.3 is 13.3 Å². The molecule has 0 spiro atoms. The van der Waals surface area contributed by atoms with Crippen LogP contribution in [0.1, 0.15) is 18.4 Å². The first-order chi connectivity index (χ1) is 9.77. The fraction of sp³-hybridized carbons (Fsp3) is 0.538. The highest BCUT2D eigenvalue weighted by Crippen LogP contribution is 2.34. The molecule has 1 aliphatic rings. The average molecular weight is 305 g/mol. The van der Waals surface area contributed by atoms with Crippen molar-refractivity contribution in [1.29, 1.82) is 0 Å². The molecule has 21 heavy (non-hydrogen) atoms. The maximum atomic E-state index is 13.3. The summed E-state index contributed by atoms with van der Waals surface area (Å²) in [5.74, 6) is -1.97. The monoisotopic (exact) mass is 305 g/mol. The lowest BCUT2D eigenvalue weighted by Crippen LogP contribution is -2.39. The third-order valence-electron chi connectivity index (χ3n) is 3.80. The Morgan fingerprint density at radius 1 is 1.19 bits per heavy atom. The summed E-state index contributed by atoms with van der Waals surface area (Å²) < 4.78 is 51.0. The molecule has 2 rings (SSSR count). The van der Waals surface area contributed by atoms with Gasteiger partial charge in [0.1, 0.15) is 5.82 Å². The lowest BCUT2D eigenvalue weighted by atomic mass is 9.79. The second-order valence-corrected chi connectivity index (χ2v) is 5.32. The molecule has 2 N–H and O–H groups in total. The maximum absolute atomic E-state index is 13.3. The molecule has 1 aromatic carbocycles. The van der Waals surface area contributed by atoms with E-state index < -0.39 is 25.0 Å². The fourth-order valence-corrected chi connectivity index (χ4v) is 2.57. The van der Waals surface area contributed by atoms with Gasteiger partial charge in [0, 0.05) is 12.0 Å². The van der Waals surface area contributed by atoms with Crippen LogP contribution in [0.4, 0.5) is 17.6 Å². The minimum atomic E-state index is -4.14. The molecule has 1 heterocycles. The minimum Gasteiger partial charge on any atom is -0.423 e. The maximum Gasteiger partial charge on any atom is 0.491 e. The number of hydrogen-bond donors (Lipinski definition) is 2. The molecule has 0 atom stereocenters. The number of hydrogen-bond acceptors (Lipinski definition) is 3. The van der Waals surface area contributed by atoms with E-state index in [4.69, 9.17) is 10.0 Å². The van der Waals surface area contributed by atoms with Crippen LogP contribution >= 0.6 is 0 Å². The first kappa shape index (κ1) is 16.3. The number of halogens is 4. The van der Waals surface area contributed by atoms with Crippen LogP contribution in [0.2, 0.25) is 0 Å². The van der Waals surface area contributed by atoms with Crippen molar-refractivity contribution in [2.24, 2.45) is 5.92 Å². The van der Waals surface area contributed by atoms with E-state index in [0.717, 1.165) is 6.07 Å². The molecule has 0 amide bonds. The lowest BCUT2D eigenvalue weighted by molar-refractivity contribution is -0.185. The molecular formula is C13H16BF4NO2. The van der Waals surface area contributed by atoms with Crippen molar-refractivity contribution in [2.45, 2.75) is 25.6 Å². The normalized spacial score (nSPS) is 18.0. The van der Waals surface area contributed by atoms with E-state index in [0.29, 0.717) is 25.2 Å². The van der Waals surface area contributed by atoms with Gasteiger partial charge < -0.3 is 10.0 Å². The summed E-state index contributed by atoms with van der Waals surface area (Å²) in [5, 5.41) is 18.1. The second kappa shape index (κ2) is 6.33. The predicted molar refractivity (Wildman–Crippen MR) is 70.3 cm³/mol. The third-order valence-corrected chi connectivity index (χ3v) is 3.80. The Labute approximate surface area is 120 Å². The molecule has 3 nitrogen and oxygen atoms in total. The summed E-state index contributed by atoms with van der Waals surface area (Å²) in [5.41, 5.74) is 0.419. The van der Waals surface area contributed by atoms with Gasteiger partial charge in [0.25, 0.3) is 0 Å². The molecule has 0 unspecified atom stereocenters. The zero-order chi connectivity index (χ0) is 15.6. The summed E-state index contributed by atoms with van der Waals surface area (Å²) in [6.07, 6.45) is -4.03. The van der Waals surface area contributed by atoms with Crippen LogP contribution in [-0.4, -0.2) is 41.3 Å². The zero-order valence-electron chi connectivity index (χ0n) is 11.3. The first-order valence-electron chi connectivity index (χ1n) is 6.71. The van der Waals surface area contributed by atoms with Crippen LogP contribution in [-0.2, 0) is 6.54 Å². The van der Waals surface area contributed by atoms with Gasteiger partial charge in [0.05, 0.1) is 5.92 Å². The predicted octanol–water partition coefficient (Wildman–Crippen LogP) is 1.28. The molecule has 0 saturated carbocycles. The largest absolute Gasteiger partial charge is 0.491 e. The fourth-order valence-electron chi connectivity index (χ4n) is 2.57. The molecule has 0 aliphatic carbocycles. The summed E-state index contributed by atoms with van der Waals surface area (Å²) >= 11 is 0. The quantitative estimate of drug-likeness (QED) is 0.653. The number of likely N-dealkylation sites (tertiary alicyclic amines) is 1. The van der Waals surface area contributed by atoms with Gasteiger partial charge in [-0.05, 0) is 37.6 Å². The molecule has 0 bridgehead atoms. The van der Waals surface area contributed by atoms with E-state index in [1.807, 2.05) is 4.90 Å². The van der Waals surface area contributed by atoms with Gasteiger partial charge in [-0.25, -0.2) is 4.39 Å².